The molecular formula is C24H24ClNO3. The molecule has 4 nitrogen and oxygen atoms in total. The van der Waals surface area contributed by atoms with E-state index in [1.165, 1.54) is 0 Å². The minimum Gasteiger partial charge on any atom is -0.493 e. The molecule has 0 saturated carbocycles. The fourth-order valence-electron chi connectivity index (χ4n) is 3.11. The molecule has 29 heavy (non-hydrogen) atoms. The lowest BCUT2D eigenvalue weighted by Crippen LogP contribution is -2.16. The Morgan fingerprint density at radius 1 is 0.931 bits per heavy atom. The van der Waals surface area contributed by atoms with Gasteiger partial charge >= 0.3 is 0 Å². The van der Waals surface area contributed by atoms with Crippen LogP contribution in [0, 0.1) is 6.92 Å². The smallest absolute Gasteiger partial charge is 0.165 e. The normalized spacial score (nSPS) is 11.6. The Morgan fingerprint density at radius 3 is 2.21 bits per heavy atom. The fraction of sp³-hybridized carbons (Fsp3) is 0.208. The zero-order chi connectivity index (χ0) is 20.8. The standard InChI is InChI=1S/C24H24ClNO3/c1-16-4-6-17(7-5-16)22(27)15-21(26-20-11-9-19(25)10-12-20)18-8-13-23(28-2)24(14-18)29-3/h4-14,21,26H,15H2,1-3H3/t21-/m0/s1. The second kappa shape index (κ2) is 9.48. The van der Waals surface area contributed by atoms with Gasteiger partial charge in [0, 0.05) is 22.7 Å². The molecule has 5 heteroatoms. The van der Waals surface area contributed by atoms with Crippen molar-refractivity contribution in [1.82, 2.24) is 0 Å². The number of ketones is 1. The molecule has 0 bridgehead atoms. The van der Waals surface area contributed by atoms with Gasteiger partial charge in [-0.05, 0) is 48.9 Å². The number of halogens is 1. The van der Waals surface area contributed by atoms with E-state index in [1.54, 1.807) is 14.2 Å². The summed E-state index contributed by atoms with van der Waals surface area (Å²) in [6, 6.07) is 20.5. The lowest BCUT2D eigenvalue weighted by molar-refractivity contribution is 0.0976. The first-order valence-corrected chi connectivity index (χ1v) is 9.72. The van der Waals surface area contributed by atoms with Gasteiger partial charge in [0.05, 0.1) is 20.3 Å². The van der Waals surface area contributed by atoms with Crippen LogP contribution in [0.4, 0.5) is 5.69 Å². The second-order valence-corrected chi connectivity index (χ2v) is 7.25. The van der Waals surface area contributed by atoms with Crippen LogP contribution in [0.2, 0.25) is 5.02 Å². The van der Waals surface area contributed by atoms with Gasteiger partial charge in [-0.25, -0.2) is 0 Å². The van der Waals surface area contributed by atoms with Crippen LogP contribution in [0.25, 0.3) is 0 Å². The molecule has 0 aliphatic rings. The summed E-state index contributed by atoms with van der Waals surface area (Å²) < 4.78 is 10.8. The summed E-state index contributed by atoms with van der Waals surface area (Å²) in [5.74, 6) is 1.33. The second-order valence-electron chi connectivity index (χ2n) is 6.81. The van der Waals surface area contributed by atoms with Gasteiger partial charge in [-0.15, -0.1) is 0 Å². The van der Waals surface area contributed by atoms with E-state index in [9.17, 15) is 4.79 Å². The van der Waals surface area contributed by atoms with Crippen LogP contribution in [0.1, 0.15) is 33.9 Å². The lowest BCUT2D eigenvalue weighted by atomic mass is 9.96. The largest absolute Gasteiger partial charge is 0.493 e. The first-order chi connectivity index (χ1) is 14.0. The van der Waals surface area contributed by atoms with Gasteiger partial charge in [0.1, 0.15) is 0 Å². The predicted molar refractivity (Wildman–Crippen MR) is 117 cm³/mol. The van der Waals surface area contributed by atoms with Crippen molar-refractivity contribution < 1.29 is 14.3 Å². The Hall–Kier alpha value is -2.98. The minimum atomic E-state index is -0.246. The number of carbonyl (C=O) groups excluding carboxylic acids is 1. The topological polar surface area (TPSA) is 47.6 Å². The Labute approximate surface area is 176 Å². The average Bonchev–Trinajstić information content (AvgIpc) is 2.74. The number of Topliss-reactive ketones (excluding diaryl/α,β-unsaturated/α-hetero) is 1. The molecule has 1 atom stereocenters. The van der Waals surface area contributed by atoms with Crippen LogP contribution >= 0.6 is 11.6 Å². The van der Waals surface area contributed by atoms with E-state index >= 15 is 0 Å². The van der Waals surface area contributed by atoms with Crippen molar-refractivity contribution in [3.8, 4) is 11.5 Å². The highest BCUT2D eigenvalue weighted by molar-refractivity contribution is 6.30. The van der Waals surface area contributed by atoms with E-state index in [0.29, 0.717) is 28.5 Å². The molecular weight excluding hydrogens is 386 g/mol. The first-order valence-electron chi connectivity index (χ1n) is 9.34. The molecule has 0 spiro atoms. The van der Waals surface area contributed by atoms with Crippen molar-refractivity contribution in [2.24, 2.45) is 0 Å². The lowest BCUT2D eigenvalue weighted by Gasteiger charge is -2.21. The van der Waals surface area contributed by atoms with Gasteiger partial charge in [-0.3, -0.25) is 4.79 Å². The van der Waals surface area contributed by atoms with Crippen LogP contribution < -0.4 is 14.8 Å². The van der Waals surface area contributed by atoms with Gasteiger partial charge in [-0.1, -0.05) is 47.5 Å². The van der Waals surface area contributed by atoms with Crippen molar-refractivity contribution in [3.05, 3.63) is 88.4 Å². The number of aryl methyl sites for hydroxylation is 1. The highest BCUT2D eigenvalue weighted by Crippen LogP contribution is 2.33. The van der Waals surface area contributed by atoms with Crippen molar-refractivity contribution >= 4 is 23.1 Å². The van der Waals surface area contributed by atoms with Crippen molar-refractivity contribution in [2.75, 3.05) is 19.5 Å². The minimum absolute atomic E-state index is 0.0613. The quantitative estimate of drug-likeness (QED) is 0.457. The third-order valence-electron chi connectivity index (χ3n) is 4.76. The molecule has 3 aromatic rings. The van der Waals surface area contributed by atoms with Crippen LogP contribution in [-0.2, 0) is 0 Å². The van der Waals surface area contributed by atoms with Crippen LogP contribution in [0.3, 0.4) is 0 Å². The summed E-state index contributed by atoms with van der Waals surface area (Å²) in [6.45, 7) is 2.00. The molecule has 0 aromatic heterocycles. The summed E-state index contributed by atoms with van der Waals surface area (Å²) in [7, 11) is 3.20. The Kier molecular flexibility index (Phi) is 6.78. The maximum Gasteiger partial charge on any atom is 0.165 e. The molecule has 150 valence electrons. The molecule has 3 aromatic carbocycles. The number of hydrogen-bond acceptors (Lipinski definition) is 4. The molecule has 3 rings (SSSR count). The highest BCUT2D eigenvalue weighted by atomic mass is 35.5. The van der Waals surface area contributed by atoms with Gasteiger partial charge in [-0.2, -0.15) is 0 Å². The van der Waals surface area contributed by atoms with Crippen LogP contribution in [0.15, 0.2) is 66.7 Å². The Bertz CT molecular complexity index is 968. The number of anilines is 1. The maximum atomic E-state index is 12.9. The molecule has 0 amide bonds. The zero-order valence-electron chi connectivity index (χ0n) is 16.7. The summed E-state index contributed by atoms with van der Waals surface area (Å²) in [5.41, 5.74) is 3.63. The van der Waals surface area contributed by atoms with E-state index in [0.717, 1.165) is 16.8 Å². The van der Waals surface area contributed by atoms with Gasteiger partial charge in [0.15, 0.2) is 17.3 Å². The van der Waals surface area contributed by atoms with Crippen molar-refractivity contribution in [1.29, 1.82) is 0 Å². The number of ether oxygens (including phenoxy) is 2. The number of rotatable bonds is 8. The molecule has 0 aliphatic carbocycles. The molecule has 0 saturated heterocycles. The van der Waals surface area contributed by atoms with E-state index in [4.69, 9.17) is 21.1 Å². The Balaban J connectivity index is 1.91. The molecule has 0 aliphatic heterocycles. The van der Waals surface area contributed by atoms with E-state index < -0.39 is 0 Å². The maximum absolute atomic E-state index is 12.9. The third-order valence-corrected chi connectivity index (χ3v) is 5.01. The number of benzene rings is 3. The molecule has 0 heterocycles. The van der Waals surface area contributed by atoms with E-state index in [2.05, 4.69) is 5.32 Å². The first kappa shape index (κ1) is 20.7. The summed E-state index contributed by atoms with van der Waals surface area (Å²) in [6.07, 6.45) is 0.293. The molecule has 0 radical (unpaired) electrons. The SMILES string of the molecule is COc1ccc([C@H](CC(=O)c2ccc(C)cc2)Nc2ccc(Cl)cc2)cc1OC. The van der Waals surface area contributed by atoms with Crippen molar-refractivity contribution in [2.45, 2.75) is 19.4 Å². The highest BCUT2D eigenvalue weighted by Gasteiger charge is 2.19. The number of methoxy groups -OCH3 is 2. The molecule has 0 unspecified atom stereocenters. The molecule has 0 fully saturated rings. The van der Waals surface area contributed by atoms with E-state index in [1.807, 2.05) is 73.7 Å². The van der Waals surface area contributed by atoms with Crippen molar-refractivity contribution in [3.63, 3.8) is 0 Å². The van der Waals surface area contributed by atoms with Crippen LogP contribution in [0.5, 0.6) is 11.5 Å². The van der Waals surface area contributed by atoms with E-state index in [-0.39, 0.29) is 11.8 Å². The third kappa shape index (κ3) is 5.30. The monoisotopic (exact) mass is 409 g/mol. The zero-order valence-corrected chi connectivity index (χ0v) is 17.5. The average molecular weight is 410 g/mol. The van der Waals surface area contributed by atoms with Gasteiger partial charge < -0.3 is 14.8 Å². The summed E-state index contributed by atoms with van der Waals surface area (Å²) in [5, 5.41) is 4.11. The van der Waals surface area contributed by atoms with Crippen LogP contribution in [-0.4, -0.2) is 20.0 Å². The molecule has 1 N–H and O–H groups in total. The fourth-order valence-corrected chi connectivity index (χ4v) is 3.24. The Morgan fingerprint density at radius 2 is 1.59 bits per heavy atom. The van der Waals surface area contributed by atoms with Gasteiger partial charge in [0.25, 0.3) is 0 Å². The number of carbonyl (C=O) groups is 1. The van der Waals surface area contributed by atoms with Gasteiger partial charge in [0.2, 0.25) is 0 Å². The summed E-state index contributed by atoms with van der Waals surface area (Å²) in [4.78, 5) is 12.9. The summed E-state index contributed by atoms with van der Waals surface area (Å²) >= 11 is 6.00. The number of nitrogens with one attached hydrogen (secondary N) is 1. The number of hydrogen-bond donors (Lipinski definition) is 1. The predicted octanol–water partition coefficient (Wildman–Crippen LogP) is 6.09.